The summed E-state index contributed by atoms with van der Waals surface area (Å²) < 4.78 is 0. The van der Waals surface area contributed by atoms with Crippen LogP contribution < -0.4 is 10.6 Å². The van der Waals surface area contributed by atoms with E-state index >= 15 is 0 Å². The Hall–Kier alpha value is -0.610. The monoisotopic (exact) mass is 200 g/mol. The molecule has 0 aromatic rings. The predicted molar refractivity (Wildman–Crippen MR) is 54.9 cm³/mol. The highest BCUT2D eigenvalue weighted by molar-refractivity contribution is 5.81. The van der Waals surface area contributed by atoms with Gasteiger partial charge in [0.15, 0.2) is 0 Å². The van der Waals surface area contributed by atoms with Crippen molar-refractivity contribution in [1.82, 2.24) is 10.6 Å². The number of carbonyl (C=O) groups excluding carboxylic acids is 1. The van der Waals surface area contributed by atoms with E-state index in [1.54, 1.807) is 6.92 Å². The molecule has 2 atom stereocenters. The van der Waals surface area contributed by atoms with Crippen LogP contribution in [0.15, 0.2) is 0 Å². The first-order chi connectivity index (χ1) is 6.70. The summed E-state index contributed by atoms with van der Waals surface area (Å²) in [5.74, 6) is 0.0211. The molecule has 1 fully saturated rings. The number of nitrogens with one attached hydrogen (secondary N) is 2. The van der Waals surface area contributed by atoms with Crippen molar-refractivity contribution in [3.8, 4) is 0 Å². The Kier molecular flexibility index (Phi) is 4.90. The third-order valence-corrected chi connectivity index (χ3v) is 2.45. The van der Waals surface area contributed by atoms with Gasteiger partial charge in [-0.1, -0.05) is 12.8 Å². The lowest BCUT2D eigenvalue weighted by molar-refractivity contribution is -0.123. The molecule has 0 spiro atoms. The summed E-state index contributed by atoms with van der Waals surface area (Å²) in [7, 11) is 0. The van der Waals surface area contributed by atoms with Crippen LogP contribution >= 0.6 is 0 Å². The van der Waals surface area contributed by atoms with Gasteiger partial charge in [0, 0.05) is 6.54 Å². The van der Waals surface area contributed by atoms with Crippen LogP contribution in [0.25, 0.3) is 0 Å². The Morgan fingerprint density at radius 3 is 3.07 bits per heavy atom. The van der Waals surface area contributed by atoms with E-state index in [9.17, 15) is 4.79 Å². The molecule has 0 saturated carbocycles. The highest BCUT2D eigenvalue weighted by Crippen LogP contribution is 2.08. The second-order valence-electron chi connectivity index (χ2n) is 3.95. The minimum atomic E-state index is -0.468. The smallest absolute Gasteiger partial charge is 0.237 e. The standard InChI is InChI=1S/C10H20N2O2/c1-8(13)7-12-10(14)9-5-3-2-4-6-11-9/h8-9,11,13H,2-7H2,1H3,(H,12,14)/t8-,9?/m1/s1. The molecule has 0 aromatic heterocycles. The van der Waals surface area contributed by atoms with Crippen LogP contribution in [0.2, 0.25) is 0 Å². The van der Waals surface area contributed by atoms with Crippen molar-refractivity contribution in [3.63, 3.8) is 0 Å². The SMILES string of the molecule is C[C@@H](O)CNC(=O)C1CCCCCN1. The van der Waals surface area contributed by atoms with E-state index in [0.717, 1.165) is 25.8 Å². The summed E-state index contributed by atoms with van der Waals surface area (Å²) in [6, 6.07) is -0.0590. The largest absolute Gasteiger partial charge is 0.392 e. The molecular weight excluding hydrogens is 180 g/mol. The molecule has 0 radical (unpaired) electrons. The minimum absolute atomic E-state index is 0.0211. The summed E-state index contributed by atoms with van der Waals surface area (Å²) in [6.07, 6.45) is 3.91. The van der Waals surface area contributed by atoms with Crippen molar-refractivity contribution in [2.45, 2.75) is 44.8 Å². The van der Waals surface area contributed by atoms with E-state index in [1.807, 2.05) is 0 Å². The molecule has 14 heavy (non-hydrogen) atoms. The predicted octanol–water partition coefficient (Wildman–Crippen LogP) is 0.0156. The Balaban J connectivity index is 2.27. The molecule has 1 saturated heterocycles. The van der Waals surface area contributed by atoms with Crippen LogP contribution in [0, 0.1) is 0 Å². The van der Waals surface area contributed by atoms with Crippen molar-refractivity contribution in [2.24, 2.45) is 0 Å². The first-order valence-corrected chi connectivity index (χ1v) is 5.39. The lowest BCUT2D eigenvalue weighted by Gasteiger charge is -2.16. The second kappa shape index (κ2) is 5.98. The highest BCUT2D eigenvalue weighted by Gasteiger charge is 2.18. The number of hydrogen-bond acceptors (Lipinski definition) is 3. The van der Waals surface area contributed by atoms with Crippen LogP contribution in [0.4, 0.5) is 0 Å². The van der Waals surface area contributed by atoms with Gasteiger partial charge in [-0.05, 0) is 26.3 Å². The molecule has 0 bridgehead atoms. The van der Waals surface area contributed by atoms with Crippen LogP contribution in [-0.4, -0.2) is 36.2 Å². The van der Waals surface area contributed by atoms with Crippen molar-refractivity contribution < 1.29 is 9.90 Å². The van der Waals surface area contributed by atoms with Gasteiger partial charge in [-0.2, -0.15) is 0 Å². The van der Waals surface area contributed by atoms with Gasteiger partial charge >= 0.3 is 0 Å². The second-order valence-corrected chi connectivity index (χ2v) is 3.95. The van der Waals surface area contributed by atoms with Crippen molar-refractivity contribution >= 4 is 5.91 Å². The van der Waals surface area contributed by atoms with E-state index in [1.165, 1.54) is 6.42 Å². The Morgan fingerprint density at radius 1 is 1.57 bits per heavy atom. The molecule has 4 heteroatoms. The van der Waals surface area contributed by atoms with Gasteiger partial charge < -0.3 is 15.7 Å². The first-order valence-electron chi connectivity index (χ1n) is 5.39. The maximum Gasteiger partial charge on any atom is 0.237 e. The molecule has 3 N–H and O–H groups in total. The van der Waals surface area contributed by atoms with Gasteiger partial charge in [-0.15, -0.1) is 0 Å². The molecule has 0 aliphatic carbocycles. The molecule has 1 heterocycles. The zero-order valence-corrected chi connectivity index (χ0v) is 8.75. The Labute approximate surface area is 85.1 Å². The van der Waals surface area contributed by atoms with Crippen LogP contribution in [-0.2, 0) is 4.79 Å². The van der Waals surface area contributed by atoms with Gasteiger partial charge in [-0.25, -0.2) is 0 Å². The molecule has 1 amide bonds. The zero-order valence-electron chi connectivity index (χ0n) is 8.75. The summed E-state index contributed by atoms with van der Waals surface area (Å²) in [5.41, 5.74) is 0. The summed E-state index contributed by atoms with van der Waals surface area (Å²) in [6.45, 7) is 2.94. The number of aliphatic hydroxyl groups excluding tert-OH is 1. The molecule has 1 rings (SSSR count). The van der Waals surface area contributed by atoms with Gasteiger partial charge in [0.25, 0.3) is 0 Å². The van der Waals surface area contributed by atoms with Crippen molar-refractivity contribution in [1.29, 1.82) is 0 Å². The van der Waals surface area contributed by atoms with E-state index in [0.29, 0.717) is 6.54 Å². The van der Waals surface area contributed by atoms with E-state index in [-0.39, 0.29) is 11.9 Å². The van der Waals surface area contributed by atoms with Crippen LogP contribution in [0.3, 0.4) is 0 Å². The van der Waals surface area contributed by atoms with Gasteiger partial charge in [0.1, 0.15) is 0 Å². The molecule has 1 unspecified atom stereocenters. The molecule has 4 nitrogen and oxygen atoms in total. The van der Waals surface area contributed by atoms with E-state index < -0.39 is 6.10 Å². The Morgan fingerprint density at radius 2 is 2.36 bits per heavy atom. The van der Waals surface area contributed by atoms with Crippen LogP contribution in [0.5, 0.6) is 0 Å². The molecule has 1 aliphatic rings. The summed E-state index contributed by atoms with van der Waals surface area (Å²) in [5, 5.41) is 15.0. The number of hydrogen-bond donors (Lipinski definition) is 3. The third kappa shape index (κ3) is 4.07. The minimum Gasteiger partial charge on any atom is -0.392 e. The lowest BCUT2D eigenvalue weighted by Crippen LogP contribution is -2.45. The number of rotatable bonds is 3. The Bertz CT molecular complexity index is 175. The van der Waals surface area contributed by atoms with Crippen LogP contribution in [0.1, 0.15) is 32.6 Å². The van der Waals surface area contributed by atoms with E-state index in [2.05, 4.69) is 10.6 Å². The lowest BCUT2D eigenvalue weighted by atomic mass is 10.1. The fourth-order valence-corrected chi connectivity index (χ4v) is 1.62. The number of amides is 1. The average molecular weight is 200 g/mol. The summed E-state index contributed by atoms with van der Waals surface area (Å²) >= 11 is 0. The highest BCUT2D eigenvalue weighted by atomic mass is 16.3. The van der Waals surface area contributed by atoms with Crippen molar-refractivity contribution in [3.05, 3.63) is 0 Å². The quantitative estimate of drug-likeness (QED) is 0.601. The fraction of sp³-hybridized carbons (Fsp3) is 0.900. The molecule has 82 valence electrons. The molecular formula is C10H20N2O2. The maximum atomic E-state index is 11.6. The topological polar surface area (TPSA) is 61.4 Å². The van der Waals surface area contributed by atoms with Gasteiger partial charge in [0.2, 0.25) is 5.91 Å². The van der Waals surface area contributed by atoms with Crippen molar-refractivity contribution in [2.75, 3.05) is 13.1 Å². The fourth-order valence-electron chi connectivity index (χ4n) is 1.62. The number of carbonyl (C=O) groups is 1. The third-order valence-electron chi connectivity index (χ3n) is 2.45. The average Bonchev–Trinajstić information content (AvgIpc) is 2.42. The normalized spacial score (nSPS) is 25.1. The van der Waals surface area contributed by atoms with Gasteiger partial charge in [0.05, 0.1) is 12.1 Å². The molecule has 1 aliphatic heterocycles. The van der Waals surface area contributed by atoms with E-state index in [4.69, 9.17) is 5.11 Å². The summed E-state index contributed by atoms with van der Waals surface area (Å²) in [4.78, 5) is 11.6. The molecule has 0 aromatic carbocycles. The number of aliphatic hydroxyl groups is 1. The first kappa shape index (κ1) is 11.5. The van der Waals surface area contributed by atoms with Gasteiger partial charge in [-0.3, -0.25) is 4.79 Å². The maximum absolute atomic E-state index is 11.6. The zero-order chi connectivity index (χ0) is 10.4.